The van der Waals surface area contributed by atoms with Crippen molar-refractivity contribution >= 4 is 15.9 Å². The molecule has 1 aromatic heterocycles. The third kappa shape index (κ3) is 4.98. The van der Waals surface area contributed by atoms with Gasteiger partial charge < -0.3 is 9.84 Å². The van der Waals surface area contributed by atoms with Crippen LogP contribution in [0.25, 0.3) is 11.4 Å². The lowest BCUT2D eigenvalue weighted by Gasteiger charge is -2.29. The minimum Gasteiger partial charge on any atom is -0.345 e. The van der Waals surface area contributed by atoms with Crippen molar-refractivity contribution in [3.8, 4) is 11.4 Å². The zero-order valence-corrected chi connectivity index (χ0v) is 18.9. The maximum Gasteiger partial charge on any atom is 0.316 e. The van der Waals surface area contributed by atoms with Crippen LogP contribution in [0.15, 0.2) is 33.7 Å². The van der Waals surface area contributed by atoms with Gasteiger partial charge in [0.2, 0.25) is 15.8 Å². The molecule has 0 bridgehead atoms. The van der Waals surface area contributed by atoms with E-state index in [0.29, 0.717) is 30.5 Å². The fourth-order valence-corrected chi connectivity index (χ4v) is 5.70. The van der Waals surface area contributed by atoms with Gasteiger partial charge in [-0.05, 0) is 74.6 Å². The van der Waals surface area contributed by atoms with Crippen LogP contribution in [0.3, 0.4) is 0 Å². The number of sulfonamides is 1. The van der Waals surface area contributed by atoms with E-state index in [1.54, 1.807) is 28.6 Å². The molecule has 1 saturated carbocycles. The zero-order valence-electron chi connectivity index (χ0n) is 18.1. The summed E-state index contributed by atoms with van der Waals surface area (Å²) >= 11 is 0. The third-order valence-electron chi connectivity index (χ3n) is 6.46. The fraction of sp³-hybridized carbons (Fsp3) is 0.591. The number of piperidine rings is 1. The highest BCUT2D eigenvalue weighted by atomic mass is 32.2. The molecule has 1 N–H and O–H groups in total. The van der Waals surface area contributed by atoms with Crippen molar-refractivity contribution < 1.29 is 17.7 Å². The first-order valence-corrected chi connectivity index (χ1v) is 12.5. The maximum atomic E-state index is 12.9. The SMILES string of the molecule is CC1CCC(NC(=O)c2nc(-c3ccc(S(=O)(=O)N4CCC(C)CC4)cc3)no2)CC1. The molecule has 4 rings (SSSR count). The molecule has 0 radical (unpaired) electrons. The van der Waals surface area contributed by atoms with E-state index in [1.807, 2.05) is 0 Å². The average Bonchev–Trinajstić information content (AvgIpc) is 3.26. The average molecular weight is 447 g/mol. The van der Waals surface area contributed by atoms with Crippen LogP contribution >= 0.6 is 0 Å². The predicted molar refractivity (Wildman–Crippen MR) is 116 cm³/mol. The van der Waals surface area contributed by atoms with Gasteiger partial charge in [-0.15, -0.1) is 0 Å². The molecule has 0 unspecified atom stereocenters. The Bertz CT molecular complexity index is 1000. The van der Waals surface area contributed by atoms with Gasteiger partial charge in [-0.1, -0.05) is 19.0 Å². The van der Waals surface area contributed by atoms with Crippen LogP contribution in [0.4, 0.5) is 0 Å². The van der Waals surface area contributed by atoms with Crippen LogP contribution in [0.1, 0.15) is 63.1 Å². The molecule has 1 aliphatic carbocycles. The lowest BCUT2D eigenvalue weighted by molar-refractivity contribution is 0.0878. The number of hydrogen-bond acceptors (Lipinski definition) is 6. The van der Waals surface area contributed by atoms with E-state index in [9.17, 15) is 13.2 Å². The van der Waals surface area contributed by atoms with Gasteiger partial charge >= 0.3 is 11.8 Å². The predicted octanol–water partition coefficient (Wildman–Crippen LogP) is 3.47. The number of nitrogens with zero attached hydrogens (tertiary/aromatic N) is 3. The lowest BCUT2D eigenvalue weighted by atomic mass is 9.87. The number of amides is 1. The number of nitrogens with one attached hydrogen (secondary N) is 1. The smallest absolute Gasteiger partial charge is 0.316 e. The molecule has 1 aromatic carbocycles. The summed E-state index contributed by atoms with van der Waals surface area (Å²) < 4.78 is 32.4. The van der Waals surface area contributed by atoms with Gasteiger partial charge in [0.05, 0.1) is 4.90 Å². The highest BCUT2D eigenvalue weighted by molar-refractivity contribution is 7.89. The second kappa shape index (κ2) is 9.08. The number of carbonyl (C=O) groups excluding carboxylic acids is 1. The first kappa shape index (κ1) is 22.0. The van der Waals surface area contributed by atoms with Crippen molar-refractivity contribution in [2.24, 2.45) is 11.8 Å². The normalized spacial score (nSPS) is 23.5. The van der Waals surface area contributed by atoms with Gasteiger partial charge in [-0.2, -0.15) is 9.29 Å². The van der Waals surface area contributed by atoms with Crippen molar-refractivity contribution in [2.45, 2.75) is 63.3 Å². The van der Waals surface area contributed by atoms with Crippen molar-refractivity contribution in [3.05, 3.63) is 30.2 Å². The minimum absolute atomic E-state index is 0.0762. The van der Waals surface area contributed by atoms with Gasteiger partial charge in [0, 0.05) is 24.7 Å². The van der Waals surface area contributed by atoms with Crippen LogP contribution in [0, 0.1) is 11.8 Å². The summed E-state index contributed by atoms with van der Waals surface area (Å²) in [5.41, 5.74) is 0.598. The molecule has 1 amide bonds. The van der Waals surface area contributed by atoms with Crippen LogP contribution in [-0.4, -0.2) is 47.9 Å². The molecule has 168 valence electrons. The van der Waals surface area contributed by atoms with Crippen molar-refractivity contribution in [1.29, 1.82) is 0 Å². The molecule has 1 aliphatic heterocycles. The molecular weight excluding hydrogens is 416 g/mol. The molecule has 0 spiro atoms. The second-order valence-corrected chi connectivity index (χ2v) is 10.9. The number of aromatic nitrogens is 2. The largest absolute Gasteiger partial charge is 0.345 e. The monoisotopic (exact) mass is 446 g/mol. The Morgan fingerprint density at radius 1 is 1.00 bits per heavy atom. The van der Waals surface area contributed by atoms with Crippen LogP contribution in [0.2, 0.25) is 0 Å². The molecule has 2 aliphatic rings. The number of rotatable bonds is 5. The van der Waals surface area contributed by atoms with E-state index < -0.39 is 10.0 Å². The van der Waals surface area contributed by atoms with Gasteiger partial charge in [-0.25, -0.2) is 8.42 Å². The Kier molecular flexibility index (Phi) is 6.43. The highest BCUT2D eigenvalue weighted by Gasteiger charge is 2.28. The zero-order chi connectivity index (χ0) is 22.0. The molecule has 2 aromatic rings. The van der Waals surface area contributed by atoms with Crippen LogP contribution < -0.4 is 5.32 Å². The molecule has 2 fully saturated rings. The van der Waals surface area contributed by atoms with E-state index in [4.69, 9.17) is 4.52 Å². The maximum absolute atomic E-state index is 12.9. The minimum atomic E-state index is -3.51. The Morgan fingerprint density at radius 2 is 1.61 bits per heavy atom. The first-order valence-electron chi connectivity index (χ1n) is 11.1. The van der Waals surface area contributed by atoms with Gasteiger partial charge in [-0.3, -0.25) is 4.79 Å². The van der Waals surface area contributed by atoms with Gasteiger partial charge in [0.15, 0.2) is 0 Å². The highest BCUT2D eigenvalue weighted by Crippen LogP contribution is 2.26. The molecular formula is C22H30N4O4S. The van der Waals surface area contributed by atoms with Crippen molar-refractivity contribution in [1.82, 2.24) is 19.8 Å². The number of hydrogen-bond donors (Lipinski definition) is 1. The Hall–Kier alpha value is -2.26. The Morgan fingerprint density at radius 3 is 2.26 bits per heavy atom. The molecule has 9 heteroatoms. The van der Waals surface area contributed by atoms with Gasteiger partial charge in [0.25, 0.3) is 0 Å². The second-order valence-electron chi connectivity index (χ2n) is 8.96. The quantitative estimate of drug-likeness (QED) is 0.754. The van der Waals surface area contributed by atoms with E-state index in [-0.39, 0.29) is 28.6 Å². The van der Waals surface area contributed by atoms with E-state index in [1.165, 1.54) is 0 Å². The summed E-state index contributed by atoms with van der Waals surface area (Å²) in [5, 5.41) is 6.86. The first-order chi connectivity index (χ1) is 14.8. The summed E-state index contributed by atoms with van der Waals surface area (Å²) in [5.74, 6) is 1.08. The van der Waals surface area contributed by atoms with E-state index in [0.717, 1.165) is 38.5 Å². The molecule has 0 atom stereocenters. The lowest BCUT2D eigenvalue weighted by Crippen LogP contribution is -2.37. The summed E-state index contributed by atoms with van der Waals surface area (Å²) in [4.78, 5) is 16.9. The topological polar surface area (TPSA) is 105 Å². The number of carbonyl (C=O) groups is 1. The van der Waals surface area contributed by atoms with Crippen molar-refractivity contribution in [3.63, 3.8) is 0 Å². The third-order valence-corrected chi connectivity index (χ3v) is 8.38. The van der Waals surface area contributed by atoms with Crippen LogP contribution in [-0.2, 0) is 10.0 Å². The summed E-state index contributed by atoms with van der Waals surface area (Å²) in [6.45, 7) is 5.47. The number of benzene rings is 1. The Balaban J connectivity index is 1.41. The molecule has 31 heavy (non-hydrogen) atoms. The van der Waals surface area contributed by atoms with E-state index >= 15 is 0 Å². The molecule has 1 saturated heterocycles. The van der Waals surface area contributed by atoms with E-state index in [2.05, 4.69) is 29.3 Å². The van der Waals surface area contributed by atoms with Crippen LogP contribution in [0.5, 0.6) is 0 Å². The van der Waals surface area contributed by atoms with Crippen molar-refractivity contribution in [2.75, 3.05) is 13.1 Å². The summed E-state index contributed by atoms with van der Waals surface area (Å²) in [6.07, 6.45) is 5.88. The fourth-order valence-electron chi connectivity index (χ4n) is 4.23. The summed E-state index contributed by atoms with van der Waals surface area (Å²) in [6, 6.07) is 6.55. The van der Waals surface area contributed by atoms with Gasteiger partial charge in [0.1, 0.15) is 0 Å². The Labute approximate surface area is 183 Å². The summed E-state index contributed by atoms with van der Waals surface area (Å²) in [7, 11) is -3.51. The molecule has 8 nitrogen and oxygen atoms in total. The molecule has 2 heterocycles. The standard InChI is InChI=1S/C22H30N4O4S/c1-15-3-7-18(8-4-15)23-21(27)22-24-20(25-30-22)17-5-9-19(10-6-17)31(28,29)26-13-11-16(2)12-14-26/h5-6,9-10,15-16,18H,3-4,7-8,11-14H2,1-2H3,(H,23,27).